The predicted molar refractivity (Wildman–Crippen MR) is 41.2 cm³/mol. The van der Waals surface area contributed by atoms with Crippen molar-refractivity contribution < 1.29 is 9.90 Å². The molecule has 0 bridgehead atoms. The average Bonchev–Trinajstić information content (AvgIpc) is 1.79. The molecule has 5 heteroatoms. The summed E-state index contributed by atoms with van der Waals surface area (Å²) in [5.74, 6) is -0.189. The number of carboxylic acid groups (broad SMARTS) is 1. The molecule has 0 fully saturated rings. The van der Waals surface area contributed by atoms with Gasteiger partial charge in [0.25, 0.3) is 0 Å². The second-order valence-corrected chi connectivity index (χ2v) is 2.85. The van der Waals surface area contributed by atoms with Gasteiger partial charge in [-0.1, -0.05) is 11.8 Å². The number of hydrogen-bond donors (Lipinski definition) is 3. The van der Waals surface area contributed by atoms with E-state index in [1.807, 2.05) is 0 Å². The quantitative estimate of drug-likeness (QED) is 0.319. The first-order valence-corrected chi connectivity index (χ1v) is 3.80. The topological polar surface area (TPSA) is 87.2 Å². The molecule has 0 radical (unpaired) electrons. The number of nitrogens with two attached hydrogens (primary N) is 1. The van der Waals surface area contributed by atoms with Gasteiger partial charge in [-0.2, -0.15) is 0 Å². The summed E-state index contributed by atoms with van der Waals surface area (Å²) >= 11 is 1.17. The van der Waals surface area contributed by atoms with E-state index >= 15 is 0 Å². The van der Waals surface area contributed by atoms with Gasteiger partial charge in [-0.3, -0.25) is 10.2 Å². The van der Waals surface area contributed by atoms with Gasteiger partial charge in [0.1, 0.15) is 0 Å². The Bertz CT molecular complexity index is 122. The third kappa shape index (κ3) is 7.29. The fraction of sp³-hybridized carbons (Fsp3) is 0.600. The highest BCUT2D eigenvalue weighted by molar-refractivity contribution is 8.13. The molecule has 0 aromatic carbocycles. The first-order valence-electron chi connectivity index (χ1n) is 2.81. The lowest BCUT2D eigenvalue weighted by Crippen LogP contribution is -2.05. The smallest absolute Gasteiger partial charge is 0.303 e. The molecule has 58 valence electrons. The number of amidine groups is 1. The number of aliphatic carboxylic acids is 1. The number of nitrogens with one attached hydrogen (secondary N) is 1. The van der Waals surface area contributed by atoms with E-state index in [0.717, 1.165) is 0 Å². The summed E-state index contributed by atoms with van der Waals surface area (Å²) in [4.78, 5) is 9.95. The van der Waals surface area contributed by atoms with Crippen molar-refractivity contribution in [1.29, 1.82) is 5.41 Å². The Hall–Kier alpha value is -0.710. The third-order valence-corrected chi connectivity index (χ3v) is 1.60. The Morgan fingerprint density at radius 3 is 2.70 bits per heavy atom. The molecule has 0 atom stereocenters. The van der Waals surface area contributed by atoms with Gasteiger partial charge < -0.3 is 10.8 Å². The van der Waals surface area contributed by atoms with E-state index in [1.165, 1.54) is 11.8 Å². The first kappa shape index (κ1) is 9.29. The van der Waals surface area contributed by atoms with E-state index in [1.54, 1.807) is 0 Å². The summed E-state index contributed by atoms with van der Waals surface area (Å²) in [6.07, 6.45) is 0.722. The fourth-order valence-corrected chi connectivity index (χ4v) is 0.914. The van der Waals surface area contributed by atoms with Crippen molar-refractivity contribution >= 4 is 22.9 Å². The van der Waals surface area contributed by atoms with Gasteiger partial charge in [0, 0.05) is 12.2 Å². The zero-order valence-corrected chi connectivity index (χ0v) is 6.28. The first-order chi connectivity index (χ1) is 4.63. The van der Waals surface area contributed by atoms with Crippen LogP contribution in [0.4, 0.5) is 0 Å². The molecule has 0 aliphatic carbocycles. The maximum Gasteiger partial charge on any atom is 0.303 e. The molecule has 10 heavy (non-hydrogen) atoms. The molecular weight excluding hydrogens is 152 g/mol. The lowest BCUT2D eigenvalue weighted by Gasteiger charge is -1.94. The second kappa shape index (κ2) is 5.10. The fourth-order valence-electron chi connectivity index (χ4n) is 0.406. The lowest BCUT2D eigenvalue weighted by atomic mass is 10.3. The van der Waals surface area contributed by atoms with Gasteiger partial charge in [-0.15, -0.1) is 0 Å². The van der Waals surface area contributed by atoms with Crippen molar-refractivity contribution in [2.24, 2.45) is 5.73 Å². The van der Waals surface area contributed by atoms with Crippen LogP contribution >= 0.6 is 11.8 Å². The van der Waals surface area contributed by atoms with E-state index in [2.05, 4.69) is 0 Å². The minimum atomic E-state index is -0.802. The van der Waals surface area contributed by atoms with Crippen molar-refractivity contribution in [1.82, 2.24) is 0 Å². The van der Waals surface area contributed by atoms with Crippen molar-refractivity contribution in [3.63, 3.8) is 0 Å². The van der Waals surface area contributed by atoms with E-state index < -0.39 is 5.97 Å². The molecule has 4 nitrogen and oxygen atoms in total. The number of carbonyl (C=O) groups is 1. The molecule has 0 unspecified atom stereocenters. The summed E-state index contributed by atoms with van der Waals surface area (Å²) in [6, 6.07) is 0. The van der Waals surface area contributed by atoms with Crippen LogP contribution in [0.1, 0.15) is 12.8 Å². The van der Waals surface area contributed by atoms with Crippen LogP contribution < -0.4 is 5.73 Å². The molecule has 0 spiro atoms. The van der Waals surface area contributed by atoms with Gasteiger partial charge in [-0.05, 0) is 6.42 Å². The van der Waals surface area contributed by atoms with E-state index in [4.69, 9.17) is 16.2 Å². The zero-order valence-electron chi connectivity index (χ0n) is 5.46. The van der Waals surface area contributed by atoms with Crippen LogP contribution in [-0.2, 0) is 4.79 Å². The molecule has 0 aliphatic rings. The Balaban J connectivity index is 3.06. The van der Waals surface area contributed by atoms with Crippen molar-refractivity contribution in [2.75, 3.05) is 5.75 Å². The van der Waals surface area contributed by atoms with Gasteiger partial charge in [0.05, 0.1) is 0 Å². The molecule has 0 aromatic rings. The molecule has 0 aliphatic heterocycles. The second-order valence-electron chi connectivity index (χ2n) is 1.71. The molecule has 0 saturated heterocycles. The molecule has 4 N–H and O–H groups in total. The van der Waals surface area contributed by atoms with Crippen molar-refractivity contribution in [3.8, 4) is 0 Å². The molecular formula is C5H10N2O2S. The number of hydrogen-bond acceptors (Lipinski definition) is 3. The minimum absolute atomic E-state index is 0.0467. The summed E-state index contributed by atoms with van der Waals surface area (Å²) < 4.78 is 0. The number of carboxylic acids is 1. The third-order valence-electron chi connectivity index (χ3n) is 0.793. The molecule has 0 rings (SSSR count). The summed E-state index contributed by atoms with van der Waals surface area (Å²) in [5.41, 5.74) is 5.01. The monoisotopic (exact) mass is 162 g/mol. The van der Waals surface area contributed by atoms with Crippen LogP contribution in [0.2, 0.25) is 0 Å². The van der Waals surface area contributed by atoms with Gasteiger partial charge >= 0.3 is 5.97 Å². The van der Waals surface area contributed by atoms with Crippen LogP contribution in [0.3, 0.4) is 0 Å². The van der Waals surface area contributed by atoms with E-state index in [9.17, 15) is 4.79 Å². The Morgan fingerprint density at radius 2 is 2.30 bits per heavy atom. The predicted octanol–water partition coefficient (Wildman–Crippen LogP) is 0.478. The van der Waals surface area contributed by atoms with Gasteiger partial charge in [-0.25, -0.2) is 0 Å². The maximum absolute atomic E-state index is 9.95. The van der Waals surface area contributed by atoms with Crippen molar-refractivity contribution in [2.45, 2.75) is 12.8 Å². The number of rotatable bonds is 4. The highest BCUT2D eigenvalue weighted by Crippen LogP contribution is 2.02. The molecule has 0 heterocycles. The Labute approximate surface area is 63.3 Å². The zero-order chi connectivity index (χ0) is 7.98. The normalized spacial score (nSPS) is 9.20. The van der Waals surface area contributed by atoms with Crippen molar-refractivity contribution in [3.05, 3.63) is 0 Å². The minimum Gasteiger partial charge on any atom is -0.481 e. The Morgan fingerprint density at radius 1 is 1.70 bits per heavy atom. The van der Waals surface area contributed by atoms with E-state index in [0.29, 0.717) is 12.2 Å². The van der Waals surface area contributed by atoms with Crippen LogP contribution in [0.15, 0.2) is 0 Å². The average molecular weight is 162 g/mol. The van der Waals surface area contributed by atoms with Crippen LogP contribution in [-0.4, -0.2) is 22.0 Å². The Kier molecular flexibility index (Phi) is 4.74. The summed E-state index contributed by atoms with van der Waals surface area (Å²) in [6.45, 7) is 0. The van der Waals surface area contributed by atoms with Gasteiger partial charge in [0.15, 0.2) is 5.17 Å². The highest BCUT2D eigenvalue weighted by Gasteiger charge is 1.96. The van der Waals surface area contributed by atoms with Crippen LogP contribution in [0.5, 0.6) is 0 Å². The number of thioether (sulfide) groups is 1. The largest absolute Gasteiger partial charge is 0.481 e. The van der Waals surface area contributed by atoms with Crippen LogP contribution in [0, 0.1) is 5.41 Å². The molecule has 0 amide bonds. The van der Waals surface area contributed by atoms with Gasteiger partial charge in [0.2, 0.25) is 0 Å². The highest BCUT2D eigenvalue weighted by atomic mass is 32.2. The van der Waals surface area contributed by atoms with Crippen LogP contribution in [0.25, 0.3) is 0 Å². The maximum atomic E-state index is 9.95. The standard InChI is InChI=1S/C5H10N2O2S/c6-5(7)10-3-1-2-4(8)9/h1-3H2,(H3,6,7)(H,8,9). The molecule has 0 saturated carbocycles. The summed E-state index contributed by atoms with van der Waals surface area (Å²) in [7, 11) is 0. The van der Waals surface area contributed by atoms with E-state index in [-0.39, 0.29) is 11.6 Å². The lowest BCUT2D eigenvalue weighted by molar-refractivity contribution is -0.137. The summed E-state index contributed by atoms with van der Waals surface area (Å²) in [5, 5.41) is 15.0. The molecule has 0 aromatic heterocycles. The SMILES string of the molecule is N=C(N)SCCCC(=O)O.